The molecule has 0 radical (unpaired) electrons. The molecule has 3 amide bonds. The highest BCUT2D eigenvalue weighted by Crippen LogP contribution is 2.17. The van der Waals surface area contributed by atoms with Gasteiger partial charge in [-0.15, -0.1) is 11.3 Å². The molecule has 0 aliphatic rings. The van der Waals surface area contributed by atoms with Crippen LogP contribution in [0.15, 0.2) is 60.0 Å². The molecule has 7 nitrogen and oxygen atoms in total. The molecule has 0 aliphatic heterocycles. The third kappa shape index (κ3) is 6.46. The lowest BCUT2D eigenvalue weighted by molar-refractivity contribution is -0.111. The minimum Gasteiger partial charge on any atom is -0.487 e. The summed E-state index contributed by atoms with van der Waals surface area (Å²) in [4.78, 5) is 27.8. The quantitative estimate of drug-likeness (QED) is 0.491. The third-order valence-electron chi connectivity index (χ3n) is 4.00. The van der Waals surface area contributed by atoms with Gasteiger partial charge in [-0.2, -0.15) is 0 Å². The first-order valence-corrected chi connectivity index (χ1v) is 10.1. The van der Waals surface area contributed by atoms with Gasteiger partial charge in [0, 0.05) is 29.9 Å². The second-order valence-corrected chi connectivity index (χ2v) is 7.38. The molecule has 0 fully saturated rings. The van der Waals surface area contributed by atoms with Crippen LogP contribution in [0.1, 0.15) is 16.3 Å². The summed E-state index contributed by atoms with van der Waals surface area (Å²) in [6, 6.07) is 14.0. The van der Waals surface area contributed by atoms with E-state index < -0.39 is 0 Å². The SMILES string of the molecule is CNC(=O)Nc1ccc(NC(=O)/C=C/c2ccc(OCc3csc(C)n3)cc2)cc1. The van der Waals surface area contributed by atoms with Crippen LogP contribution in [0.4, 0.5) is 16.2 Å². The van der Waals surface area contributed by atoms with Crippen LogP contribution in [0, 0.1) is 6.92 Å². The topological polar surface area (TPSA) is 92.4 Å². The number of carbonyl (C=O) groups is 2. The van der Waals surface area contributed by atoms with Crippen LogP contribution in [0.2, 0.25) is 0 Å². The molecule has 0 saturated carbocycles. The van der Waals surface area contributed by atoms with Crippen LogP contribution in [-0.2, 0) is 11.4 Å². The van der Waals surface area contributed by atoms with Crippen LogP contribution in [0.3, 0.4) is 0 Å². The van der Waals surface area contributed by atoms with E-state index >= 15 is 0 Å². The van der Waals surface area contributed by atoms with E-state index in [0.717, 1.165) is 22.0 Å². The molecule has 3 rings (SSSR count). The van der Waals surface area contributed by atoms with Crippen molar-refractivity contribution in [2.45, 2.75) is 13.5 Å². The van der Waals surface area contributed by atoms with Crippen molar-refractivity contribution in [2.24, 2.45) is 0 Å². The molecular formula is C22H22N4O3S. The number of nitrogens with zero attached hydrogens (tertiary/aromatic N) is 1. The fourth-order valence-corrected chi connectivity index (χ4v) is 3.09. The molecule has 0 aliphatic carbocycles. The van der Waals surface area contributed by atoms with Crippen LogP contribution >= 0.6 is 11.3 Å². The Balaban J connectivity index is 1.48. The Morgan fingerprint density at radius 1 is 1.03 bits per heavy atom. The lowest BCUT2D eigenvalue weighted by Gasteiger charge is -2.06. The van der Waals surface area contributed by atoms with Crippen molar-refractivity contribution in [2.75, 3.05) is 17.7 Å². The van der Waals surface area contributed by atoms with Crippen molar-refractivity contribution in [3.05, 3.63) is 76.3 Å². The van der Waals surface area contributed by atoms with E-state index in [1.54, 1.807) is 48.7 Å². The van der Waals surface area contributed by atoms with E-state index in [9.17, 15) is 9.59 Å². The lowest BCUT2D eigenvalue weighted by Crippen LogP contribution is -2.24. The zero-order chi connectivity index (χ0) is 21.3. The molecule has 3 N–H and O–H groups in total. The van der Waals surface area contributed by atoms with Gasteiger partial charge < -0.3 is 20.7 Å². The number of anilines is 2. The number of ether oxygens (including phenoxy) is 1. The number of rotatable bonds is 7. The van der Waals surface area contributed by atoms with Crippen LogP contribution in [-0.4, -0.2) is 24.0 Å². The van der Waals surface area contributed by atoms with Gasteiger partial charge in [0.1, 0.15) is 12.4 Å². The summed E-state index contributed by atoms with van der Waals surface area (Å²) in [7, 11) is 1.54. The van der Waals surface area contributed by atoms with Crippen molar-refractivity contribution < 1.29 is 14.3 Å². The molecule has 30 heavy (non-hydrogen) atoms. The monoisotopic (exact) mass is 422 g/mol. The van der Waals surface area contributed by atoms with Gasteiger partial charge in [0.15, 0.2) is 0 Å². The average molecular weight is 423 g/mol. The summed E-state index contributed by atoms with van der Waals surface area (Å²) in [6.07, 6.45) is 3.19. The highest BCUT2D eigenvalue weighted by atomic mass is 32.1. The number of urea groups is 1. The normalized spacial score (nSPS) is 10.6. The van der Waals surface area contributed by atoms with Crippen LogP contribution < -0.4 is 20.7 Å². The number of carbonyl (C=O) groups excluding carboxylic acids is 2. The Morgan fingerprint density at radius 2 is 1.70 bits per heavy atom. The summed E-state index contributed by atoms with van der Waals surface area (Å²) < 4.78 is 5.72. The predicted molar refractivity (Wildman–Crippen MR) is 120 cm³/mol. The number of thiazole rings is 1. The van der Waals surface area contributed by atoms with Crippen molar-refractivity contribution in [3.63, 3.8) is 0 Å². The molecule has 0 bridgehead atoms. The molecular weight excluding hydrogens is 400 g/mol. The average Bonchev–Trinajstić information content (AvgIpc) is 3.18. The molecule has 0 saturated heterocycles. The van der Waals surface area contributed by atoms with E-state index in [0.29, 0.717) is 18.0 Å². The van der Waals surface area contributed by atoms with Gasteiger partial charge in [-0.3, -0.25) is 4.79 Å². The van der Waals surface area contributed by atoms with Crippen molar-refractivity contribution in [1.82, 2.24) is 10.3 Å². The molecule has 1 aromatic heterocycles. The van der Waals surface area contributed by atoms with Crippen molar-refractivity contribution in [1.29, 1.82) is 0 Å². The number of amides is 3. The number of hydrogen-bond acceptors (Lipinski definition) is 5. The molecule has 0 unspecified atom stereocenters. The second kappa shape index (κ2) is 10.2. The number of hydrogen-bond donors (Lipinski definition) is 3. The third-order valence-corrected chi connectivity index (χ3v) is 4.82. The maximum absolute atomic E-state index is 12.1. The molecule has 3 aromatic rings. The minimum atomic E-state index is -0.302. The van der Waals surface area contributed by atoms with E-state index in [2.05, 4.69) is 20.9 Å². The summed E-state index contributed by atoms with van der Waals surface area (Å²) in [5.74, 6) is 0.494. The summed E-state index contributed by atoms with van der Waals surface area (Å²) >= 11 is 1.60. The van der Waals surface area contributed by atoms with Gasteiger partial charge >= 0.3 is 6.03 Å². The Hall–Kier alpha value is -3.65. The molecule has 2 aromatic carbocycles. The zero-order valence-corrected chi connectivity index (χ0v) is 17.5. The molecule has 154 valence electrons. The Morgan fingerprint density at radius 3 is 2.30 bits per heavy atom. The Labute approximate surface area is 178 Å². The lowest BCUT2D eigenvalue weighted by atomic mass is 10.2. The number of nitrogens with one attached hydrogen (secondary N) is 3. The summed E-state index contributed by atoms with van der Waals surface area (Å²) in [5.41, 5.74) is 3.06. The number of benzene rings is 2. The first kappa shape index (κ1) is 21.1. The maximum atomic E-state index is 12.1. The van der Waals surface area contributed by atoms with Gasteiger partial charge in [-0.1, -0.05) is 12.1 Å². The Kier molecular flexibility index (Phi) is 7.18. The minimum absolute atomic E-state index is 0.249. The number of aromatic nitrogens is 1. The van der Waals surface area contributed by atoms with Gasteiger partial charge in [0.2, 0.25) is 5.91 Å². The maximum Gasteiger partial charge on any atom is 0.318 e. The van der Waals surface area contributed by atoms with Gasteiger partial charge in [-0.25, -0.2) is 9.78 Å². The van der Waals surface area contributed by atoms with Crippen LogP contribution in [0.25, 0.3) is 6.08 Å². The zero-order valence-electron chi connectivity index (χ0n) is 16.6. The van der Waals surface area contributed by atoms with Crippen LogP contribution in [0.5, 0.6) is 5.75 Å². The van der Waals surface area contributed by atoms with E-state index in [4.69, 9.17) is 4.74 Å². The standard InChI is InChI=1S/C22H22N4O3S/c1-15-24-19(14-30-15)13-29-20-10-3-16(4-11-20)5-12-21(27)25-17-6-8-18(9-7-17)26-22(28)23-2/h3-12,14H,13H2,1-2H3,(H,25,27)(H2,23,26,28)/b12-5+. The highest BCUT2D eigenvalue weighted by Gasteiger charge is 2.02. The largest absolute Gasteiger partial charge is 0.487 e. The first-order chi connectivity index (χ1) is 14.5. The summed E-state index contributed by atoms with van der Waals surface area (Å²) in [5, 5.41) is 10.9. The van der Waals surface area contributed by atoms with Crippen molar-refractivity contribution >= 4 is 40.7 Å². The summed E-state index contributed by atoms with van der Waals surface area (Å²) in [6.45, 7) is 2.39. The highest BCUT2D eigenvalue weighted by molar-refractivity contribution is 7.09. The van der Waals surface area contributed by atoms with Gasteiger partial charge in [0.05, 0.1) is 10.7 Å². The predicted octanol–water partition coefficient (Wildman–Crippen LogP) is 4.43. The van der Waals surface area contributed by atoms with E-state index in [1.807, 2.05) is 36.6 Å². The molecule has 1 heterocycles. The smallest absolute Gasteiger partial charge is 0.318 e. The molecule has 0 spiro atoms. The molecule has 0 atom stereocenters. The van der Waals surface area contributed by atoms with Gasteiger partial charge in [0.25, 0.3) is 0 Å². The first-order valence-electron chi connectivity index (χ1n) is 9.23. The van der Waals surface area contributed by atoms with E-state index in [-0.39, 0.29) is 11.9 Å². The fourth-order valence-electron chi connectivity index (χ4n) is 2.49. The van der Waals surface area contributed by atoms with E-state index in [1.165, 1.54) is 6.08 Å². The van der Waals surface area contributed by atoms with Gasteiger partial charge in [-0.05, 0) is 55.0 Å². The Bertz CT molecular complexity index is 1030. The molecule has 8 heteroatoms. The van der Waals surface area contributed by atoms with Crippen molar-refractivity contribution in [3.8, 4) is 5.75 Å². The fraction of sp³-hybridized carbons (Fsp3) is 0.136. The number of aryl methyl sites for hydroxylation is 1. The second-order valence-electron chi connectivity index (χ2n) is 6.32.